The van der Waals surface area contributed by atoms with Gasteiger partial charge in [-0.25, -0.2) is 4.68 Å². The van der Waals surface area contributed by atoms with Gasteiger partial charge in [0.25, 0.3) is 0 Å². The number of aromatic nitrogens is 3. The van der Waals surface area contributed by atoms with E-state index in [1.165, 1.54) is 4.68 Å². The van der Waals surface area contributed by atoms with Gasteiger partial charge in [-0.15, -0.1) is 5.10 Å². The molecule has 0 saturated heterocycles. The van der Waals surface area contributed by atoms with E-state index in [1.807, 2.05) is 31.2 Å². The molecule has 0 saturated carbocycles. The van der Waals surface area contributed by atoms with E-state index in [-0.39, 0.29) is 6.54 Å². The Labute approximate surface area is 92.3 Å². The Morgan fingerprint density at radius 1 is 1.44 bits per heavy atom. The van der Waals surface area contributed by atoms with Gasteiger partial charge in [-0.2, -0.15) is 0 Å². The number of nitrogens with zero attached hydrogens (tertiary/aromatic N) is 3. The van der Waals surface area contributed by atoms with Gasteiger partial charge in [0.2, 0.25) is 0 Å². The number of carbonyl (C=O) groups is 1. The fourth-order valence-electron chi connectivity index (χ4n) is 1.57. The largest absolute Gasteiger partial charge is 0.480 e. The molecule has 5 heteroatoms. The number of hydrogen-bond acceptors (Lipinski definition) is 3. The number of aliphatic carboxylic acids is 1. The molecule has 1 heterocycles. The highest BCUT2D eigenvalue weighted by Gasteiger charge is 2.10. The summed E-state index contributed by atoms with van der Waals surface area (Å²) in [4.78, 5) is 10.6. The quantitative estimate of drug-likeness (QED) is 0.842. The van der Waals surface area contributed by atoms with Crippen LogP contribution in [-0.4, -0.2) is 26.1 Å². The molecule has 1 aromatic heterocycles. The van der Waals surface area contributed by atoms with E-state index in [4.69, 9.17) is 5.11 Å². The van der Waals surface area contributed by atoms with Crippen LogP contribution in [0.2, 0.25) is 0 Å². The van der Waals surface area contributed by atoms with Crippen LogP contribution < -0.4 is 0 Å². The first-order chi connectivity index (χ1) is 7.68. The minimum absolute atomic E-state index is 0.177. The Balaban J connectivity index is 2.45. The maximum Gasteiger partial charge on any atom is 0.325 e. The van der Waals surface area contributed by atoms with Gasteiger partial charge in [0.15, 0.2) is 0 Å². The first-order valence-electron chi connectivity index (χ1n) is 4.85. The van der Waals surface area contributed by atoms with Gasteiger partial charge in [-0.1, -0.05) is 29.5 Å². The van der Waals surface area contributed by atoms with E-state index in [2.05, 4.69) is 10.3 Å². The molecule has 0 fully saturated rings. The molecule has 0 radical (unpaired) electrons. The highest BCUT2D eigenvalue weighted by atomic mass is 16.4. The lowest BCUT2D eigenvalue weighted by atomic mass is 10.1. The number of benzene rings is 1. The number of hydrogen-bond donors (Lipinski definition) is 1. The lowest BCUT2D eigenvalue weighted by Crippen LogP contribution is -2.11. The topological polar surface area (TPSA) is 68.0 Å². The van der Waals surface area contributed by atoms with E-state index in [9.17, 15) is 4.79 Å². The van der Waals surface area contributed by atoms with E-state index < -0.39 is 5.97 Å². The zero-order valence-electron chi connectivity index (χ0n) is 8.79. The fraction of sp³-hybridized carbons (Fsp3) is 0.182. The molecule has 82 valence electrons. The molecule has 5 nitrogen and oxygen atoms in total. The van der Waals surface area contributed by atoms with E-state index in [0.717, 1.165) is 16.8 Å². The van der Waals surface area contributed by atoms with Gasteiger partial charge in [0.05, 0.1) is 11.9 Å². The minimum atomic E-state index is -0.930. The summed E-state index contributed by atoms with van der Waals surface area (Å²) in [5, 5.41) is 16.2. The lowest BCUT2D eigenvalue weighted by Gasteiger charge is -2.06. The average Bonchev–Trinajstić information content (AvgIpc) is 2.66. The highest BCUT2D eigenvalue weighted by Crippen LogP contribution is 2.21. The molecule has 0 bridgehead atoms. The van der Waals surface area contributed by atoms with Gasteiger partial charge in [-0.3, -0.25) is 4.79 Å². The van der Waals surface area contributed by atoms with E-state index in [1.54, 1.807) is 6.20 Å². The molecule has 2 rings (SSSR count). The second-order valence-electron chi connectivity index (χ2n) is 3.49. The minimum Gasteiger partial charge on any atom is -0.480 e. The maximum atomic E-state index is 10.6. The van der Waals surface area contributed by atoms with Gasteiger partial charge in [0, 0.05) is 5.56 Å². The molecular formula is C11H11N3O2. The Morgan fingerprint density at radius 3 is 2.88 bits per heavy atom. The first-order valence-corrected chi connectivity index (χ1v) is 4.85. The maximum absolute atomic E-state index is 10.6. The number of carboxylic acid groups (broad SMARTS) is 1. The molecule has 0 amide bonds. The molecule has 0 atom stereocenters. The van der Waals surface area contributed by atoms with Crippen molar-refractivity contribution in [3.63, 3.8) is 0 Å². The summed E-state index contributed by atoms with van der Waals surface area (Å²) < 4.78 is 1.38. The van der Waals surface area contributed by atoms with Crippen LogP contribution in [0.5, 0.6) is 0 Å². The van der Waals surface area contributed by atoms with Crippen molar-refractivity contribution in [3.05, 3.63) is 36.0 Å². The van der Waals surface area contributed by atoms with Crippen LogP contribution in [0.25, 0.3) is 11.3 Å². The summed E-state index contributed by atoms with van der Waals surface area (Å²) in [6, 6.07) is 7.73. The zero-order chi connectivity index (χ0) is 11.5. The fourth-order valence-corrected chi connectivity index (χ4v) is 1.57. The van der Waals surface area contributed by atoms with Crippen molar-refractivity contribution in [2.45, 2.75) is 13.5 Å². The molecule has 0 spiro atoms. The summed E-state index contributed by atoms with van der Waals surface area (Å²) in [6.07, 6.45) is 1.57. The summed E-state index contributed by atoms with van der Waals surface area (Å²) in [5.74, 6) is -0.930. The van der Waals surface area contributed by atoms with Crippen molar-refractivity contribution in [1.82, 2.24) is 15.0 Å². The zero-order valence-corrected chi connectivity index (χ0v) is 8.79. The molecule has 16 heavy (non-hydrogen) atoms. The van der Waals surface area contributed by atoms with Gasteiger partial charge < -0.3 is 5.11 Å². The molecule has 2 aromatic rings. The van der Waals surface area contributed by atoms with E-state index in [0.29, 0.717) is 0 Å². The predicted octanol–water partition coefficient (Wildman–Crippen LogP) is 1.34. The van der Waals surface area contributed by atoms with Crippen molar-refractivity contribution < 1.29 is 9.90 Å². The van der Waals surface area contributed by atoms with Crippen molar-refractivity contribution in [2.75, 3.05) is 0 Å². The van der Waals surface area contributed by atoms with Crippen LogP contribution in [0, 0.1) is 6.92 Å². The first kappa shape index (κ1) is 10.4. The predicted molar refractivity (Wildman–Crippen MR) is 57.8 cm³/mol. The SMILES string of the molecule is Cc1ccccc1-c1cnnn1CC(=O)O. The molecule has 0 aliphatic heterocycles. The van der Waals surface area contributed by atoms with Gasteiger partial charge >= 0.3 is 5.97 Å². The highest BCUT2D eigenvalue weighted by molar-refractivity contribution is 5.69. The Kier molecular flexibility index (Phi) is 2.68. The number of aryl methyl sites for hydroxylation is 1. The third-order valence-corrected chi connectivity index (χ3v) is 2.32. The van der Waals surface area contributed by atoms with Crippen molar-refractivity contribution in [1.29, 1.82) is 0 Å². The second-order valence-corrected chi connectivity index (χ2v) is 3.49. The van der Waals surface area contributed by atoms with Crippen molar-refractivity contribution in [2.24, 2.45) is 0 Å². The summed E-state index contributed by atoms with van der Waals surface area (Å²) in [6.45, 7) is 1.79. The van der Waals surface area contributed by atoms with Crippen LogP contribution in [0.15, 0.2) is 30.5 Å². The molecule has 0 unspecified atom stereocenters. The molecule has 1 N–H and O–H groups in total. The monoisotopic (exact) mass is 217 g/mol. The molecule has 1 aromatic carbocycles. The standard InChI is InChI=1S/C11H11N3O2/c1-8-4-2-3-5-9(8)10-6-12-13-14(10)7-11(15)16/h2-6H,7H2,1H3,(H,15,16). The summed E-state index contributed by atoms with van der Waals surface area (Å²) in [7, 11) is 0. The Hall–Kier alpha value is -2.17. The van der Waals surface area contributed by atoms with Crippen LogP contribution >= 0.6 is 0 Å². The van der Waals surface area contributed by atoms with E-state index >= 15 is 0 Å². The van der Waals surface area contributed by atoms with Crippen molar-refractivity contribution in [3.8, 4) is 11.3 Å². The van der Waals surface area contributed by atoms with Gasteiger partial charge in [0.1, 0.15) is 6.54 Å². The second kappa shape index (κ2) is 4.14. The van der Waals surface area contributed by atoms with Crippen LogP contribution in [0.3, 0.4) is 0 Å². The van der Waals surface area contributed by atoms with Crippen molar-refractivity contribution >= 4 is 5.97 Å². The number of carboxylic acids is 1. The smallest absolute Gasteiger partial charge is 0.325 e. The van der Waals surface area contributed by atoms with Crippen LogP contribution in [-0.2, 0) is 11.3 Å². The molecular weight excluding hydrogens is 206 g/mol. The van der Waals surface area contributed by atoms with Gasteiger partial charge in [-0.05, 0) is 12.5 Å². The average molecular weight is 217 g/mol. The Morgan fingerprint density at radius 2 is 2.19 bits per heavy atom. The number of rotatable bonds is 3. The normalized spacial score (nSPS) is 10.3. The third kappa shape index (κ3) is 1.93. The molecule has 0 aliphatic carbocycles. The Bertz CT molecular complexity index is 519. The molecule has 0 aliphatic rings. The third-order valence-electron chi connectivity index (χ3n) is 2.32. The van der Waals surface area contributed by atoms with Crippen LogP contribution in [0.1, 0.15) is 5.56 Å². The summed E-state index contributed by atoms with van der Waals surface area (Å²) in [5.41, 5.74) is 2.74. The van der Waals surface area contributed by atoms with Crippen LogP contribution in [0.4, 0.5) is 0 Å². The lowest BCUT2D eigenvalue weighted by molar-refractivity contribution is -0.137. The summed E-state index contributed by atoms with van der Waals surface area (Å²) >= 11 is 0.